The number of nitrogens with zero attached hydrogens (tertiary/aromatic N) is 2. The molecule has 0 N–H and O–H groups in total. The van der Waals surface area contributed by atoms with Crippen molar-refractivity contribution in [2.45, 2.75) is 10.3 Å². The number of benzene rings is 1. The molecule has 1 heterocycles. The van der Waals surface area contributed by atoms with Crippen molar-refractivity contribution in [3.63, 3.8) is 0 Å². The number of carbonyl (C=O) groups is 1. The molecule has 0 saturated carbocycles. The monoisotopic (exact) mass is 376 g/mol. The molecule has 0 aliphatic carbocycles. The Bertz CT molecular complexity index is 735. The molecule has 23 heavy (non-hydrogen) atoms. The summed E-state index contributed by atoms with van der Waals surface area (Å²) >= 11 is 2.81. The van der Waals surface area contributed by atoms with Crippen molar-refractivity contribution in [2.75, 3.05) is 30.6 Å². The van der Waals surface area contributed by atoms with Crippen LogP contribution in [0.4, 0.5) is 5.69 Å². The molecule has 1 aromatic carbocycles. The molecule has 1 aliphatic heterocycles. The van der Waals surface area contributed by atoms with Gasteiger partial charge in [0, 0.05) is 35.3 Å². The van der Waals surface area contributed by atoms with Crippen LogP contribution in [0.3, 0.4) is 0 Å². The summed E-state index contributed by atoms with van der Waals surface area (Å²) < 4.78 is 23.9. The largest absolute Gasteiger partial charge is 0.320 e. The Morgan fingerprint density at radius 3 is 2.74 bits per heavy atom. The summed E-state index contributed by atoms with van der Waals surface area (Å²) in [5, 5.41) is 10.2. The Labute approximate surface area is 142 Å². The van der Waals surface area contributed by atoms with E-state index >= 15 is 0 Å². The molecule has 0 spiro atoms. The first-order chi connectivity index (χ1) is 10.8. The van der Waals surface area contributed by atoms with Crippen LogP contribution in [0, 0.1) is 10.1 Å². The van der Waals surface area contributed by atoms with E-state index in [0.29, 0.717) is 10.6 Å². The predicted molar refractivity (Wildman–Crippen MR) is 91.9 cm³/mol. The van der Waals surface area contributed by atoms with Gasteiger partial charge in [0.05, 0.1) is 4.92 Å². The van der Waals surface area contributed by atoms with Crippen LogP contribution in [0.15, 0.2) is 23.1 Å². The van der Waals surface area contributed by atoms with Crippen molar-refractivity contribution in [2.24, 2.45) is 0 Å². The fraction of sp³-hybridized carbons (Fsp3) is 0.462. The Kier molecular flexibility index (Phi) is 5.58. The van der Waals surface area contributed by atoms with Gasteiger partial charge in [0.15, 0.2) is 9.84 Å². The molecule has 126 valence electrons. The molecular formula is C13H16N2O5S3. The summed E-state index contributed by atoms with van der Waals surface area (Å²) in [5.41, 5.74) is -0.374. The summed E-state index contributed by atoms with van der Waals surface area (Å²) in [5.74, 6) is 0.275. The molecule has 1 aromatic rings. The lowest BCUT2D eigenvalue weighted by Crippen LogP contribution is -2.50. The van der Waals surface area contributed by atoms with Crippen LogP contribution in [0.25, 0.3) is 0 Å². The third-order valence-corrected chi connectivity index (χ3v) is 6.84. The topological polar surface area (TPSA) is 97.6 Å². The Hall–Kier alpha value is -1.26. The van der Waals surface area contributed by atoms with E-state index in [-0.39, 0.29) is 23.5 Å². The number of sulfone groups is 1. The number of carbonyl (C=O) groups excluding carboxylic acids is 1. The van der Waals surface area contributed by atoms with Gasteiger partial charge in [0.25, 0.3) is 11.6 Å². The van der Waals surface area contributed by atoms with Gasteiger partial charge in [-0.1, -0.05) is 0 Å². The minimum absolute atomic E-state index is 0.0672. The van der Waals surface area contributed by atoms with Crippen molar-refractivity contribution in [3.8, 4) is 0 Å². The lowest BCUT2D eigenvalue weighted by atomic mass is 10.1. The van der Waals surface area contributed by atoms with Gasteiger partial charge in [-0.15, -0.1) is 11.8 Å². The number of rotatable bonds is 4. The lowest BCUT2D eigenvalue weighted by Gasteiger charge is -2.34. The molecule has 7 nitrogen and oxygen atoms in total. The van der Waals surface area contributed by atoms with Gasteiger partial charge in [-0.25, -0.2) is 8.42 Å². The molecule has 10 heteroatoms. The Morgan fingerprint density at radius 1 is 1.48 bits per heavy atom. The fourth-order valence-corrected chi connectivity index (χ4v) is 5.55. The van der Waals surface area contributed by atoms with E-state index in [1.165, 1.54) is 40.6 Å². The molecule has 1 atom stereocenters. The summed E-state index contributed by atoms with van der Waals surface area (Å²) in [4.78, 5) is 25.3. The SMILES string of the molecule is CSc1ccc([N+](=O)[O-])c(C(=O)N2CCSC[C@@H]2S(C)(=O)=O)c1. The van der Waals surface area contributed by atoms with Crippen molar-refractivity contribution >= 4 is 45.0 Å². The van der Waals surface area contributed by atoms with E-state index < -0.39 is 26.0 Å². The average molecular weight is 376 g/mol. The quantitative estimate of drug-likeness (QED) is 0.449. The van der Waals surface area contributed by atoms with Gasteiger partial charge in [0.1, 0.15) is 10.9 Å². The van der Waals surface area contributed by atoms with E-state index in [9.17, 15) is 23.3 Å². The average Bonchev–Trinajstić information content (AvgIpc) is 2.52. The van der Waals surface area contributed by atoms with Gasteiger partial charge >= 0.3 is 0 Å². The summed E-state index contributed by atoms with van der Waals surface area (Å²) in [6, 6.07) is 4.30. The first kappa shape index (κ1) is 18.1. The highest BCUT2D eigenvalue weighted by molar-refractivity contribution is 8.00. The van der Waals surface area contributed by atoms with Crippen molar-refractivity contribution in [3.05, 3.63) is 33.9 Å². The van der Waals surface area contributed by atoms with Gasteiger partial charge in [-0.05, 0) is 18.4 Å². The molecule has 2 rings (SSSR count). The van der Waals surface area contributed by atoms with Crippen molar-refractivity contribution < 1.29 is 18.1 Å². The number of nitro groups is 1. The molecule has 1 aliphatic rings. The van der Waals surface area contributed by atoms with Gasteiger partial charge < -0.3 is 4.90 Å². The summed E-state index contributed by atoms with van der Waals surface area (Å²) in [6.45, 7) is 0.252. The fourth-order valence-electron chi connectivity index (χ4n) is 2.30. The van der Waals surface area contributed by atoms with Crippen LogP contribution < -0.4 is 0 Å². The predicted octanol–water partition coefficient (Wildman–Crippen LogP) is 1.88. The maximum Gasteiger partial charge on any atom is 0.282 e. The highest BCUT2D eigenvalue weighted by atomic mass is 32.2. The minimum atomic E-state index is -3.47. The van der Waals surface area contributed by atoms with Crippen LogP contribution in [0.1, 0.15) is 10.4 Å². The molecule has 0 radical (unpaired) electrons. The molecular weight excluding hydrogens is 360 g/mol. The third kappa shape index (κ3) is 3.99. The van der Waals surface area contributed by atoms with Crippen molar-refractivity contribution in [1.82, 2.24) is 4.90 Å². The van der Waals surface area contributed by atoms with E-state index in [1.54, 1.807) is 12.3 Å². The third-order valence-electron chi connectivity index (χ3n) is 3.47. The molecule has 0 unspecified atom stereocenters. The lowest BCUT2D eigenvalue weighted by molar-refractivity contribution is -0.385. The number of hydrogen-bond donors (Lipinski definition) is 0. The first-order valence-electron chi connectivity index (χ1n) is 6.65. The minimum Gasteiger partial charge on any atom is -0.320 e. The van der Waals surface area contributed by atoms with Gasteiger partial charge in [-0.2, -0.15) is 11.8 Å². The Morgan fingerprint density at radius 2 is 2.17 bits per heavy atom. The van der Waals surface area contributed by atoms with Crippen molar-refractivity contribution in [1.29, 1.82) is 0 Å². The van der Waals surface area contributed by atoms with E-state index in [4.69, 9.17) is 0 Å². The zero-order valence-electron chi connectivity index (χ0n) is 12.6. The van der Waals surface area contributed by atoms with Crippen LogP contribution in [0.2, 0.25) is 0 Å². The van der Waals surface area contributed by atoms with E-state index in [0.717, 1.165) is 6.26 Å². The molecule has 1 saturated heterocycles. The normalized spacial score (nSPS) is 18.7. The second-order valence-corrected chi connectivity index (χ2v) is 9.23. The molecule has 0 bridgehead atoms. The number of thioether (sulfide) groups is 2. The smallest absolute Gasteiger partial charge is 0.282 e. The highest BCUT2D eigenvalue weighted by Crippen LogP contribution is 2.29. The van der Waals surface area contributed by atoms with Crippen LogP contribution in [-0.4, -0.2) is 60.1 Å². The first-order valence-corrected chi connectivity index (χ1v) is 11.0. The molecule has 1 amide bonds. The van der Waals surface area contributed by atoms with Gasteiger partial charge in [0.2, 0.25) is 0 Å². The molecule has 0 aromatic heterocycles. The standard InChI is InChI=1S/C13H16N2O5S3/c1-21-9-3-4-11(15(17)18)10(7-9)13(16)14-5-6-22-8-12(14)23(2,19)20/h3-4,7,12H,5-6,8H2,1-2H3/t12-/m0/s1. The second-order valence-electron chi connectivity index (χ2n) is 5.00. The van der Waals surface area contributed by atoms with Gasteiger partial charge in [-0.3, -0.25) is 14.9 Å². The molecule has 1 fully saturated rings. The van der Waals surface area contributed by atoms with Crippen LogP contribution in [0.5, 0.6) is 0 Å². The zero-order valence-corrected chi connectivity index (χ0v) is 15.0. The van der Waals surface area contributed by atoms with Crippen LogP contribution >= 0.6 is 23.5 Å². The number of nitro benzene ring substituents is 1. The van der Waals surface area contributed by atoms with Crippen LogP contribution in [-0.2, 0) is 9.84 Å². The number of hydrogen-bond acceptors (Lipinski definition) is 7. The number of amides is 1. The summed E-state index contributed by atoms with van der Waals surface area (Å²) in [6.07, 6.45) is 2.88. The highest BCUT2D eigenvalue weighted by Gasteiger charge is 2.36. The maximum atomic E-state index is 12.8. The Balaban J connectivity index is 2.47. The summed E-state index contributed by atoms with van der Waals surface area (Å²) in [7, 11) is -3.47. The second kappa shape index (κ2) is 7.10. The zero-order chi connectivity index (χ0) is 17.2. The van der Waals surface area contributed by atoms with E-state index in [2.05, 4.69) is 0 Å². The van der Waals surface area contributed by atoms with E-state index in [1.807, 2.05) is 0 Å². The maximum absolute atomic E-state index is 12.8.